The third-order valence-electron chi connectivity index (χ3n) is 3.18. The van der Waals surface area contributed by atoms with Crippen LogP contribution < -0.4 is 0 Å². The Morgan fingerprint density at radius 1 is 1.17 bits per heavy atom. The zero-order chi connectivity index (χ0) is 13.1. The molecule has 1 atom stereocenters. The van der Waals surface area contributed by atoms with Gasteiger partial charge in [0.1, 0.15) is 0 Å². The van der Waals surface area contributed by atoms with Gasteiger partial charge in [0.25, 0.3) is 0 Å². The summed E-state index contributed by atoms with van der Waals surface area (Å²) in [5.74, 6) is 0. The second-order valence-corrected chi connectivity index (χ2v) is 4.51. The number of hydrogen-bond donors (Lipinski definition) is 1. The first kappa shape index (κ1) is 12.8. The molecule has 0 aliphatic heterocycles. The van der Waals surface area contributed by atoms with E-state index in [4.69, 9.17) is 0 Å². The molecule has 0 spiro atoms. The lowest BCUT2D eigenvalue weighted by Crippen LogP contribution is -2.02. The van der Waals surface area contributed by atoms with Gasteiger partial charge in [0.2, 0.25) is 0 Å². The van der Waals surface area contributed by atoms with Crippen LogP contribution in [0.15, 0.2) is 30.3 Å². The average molecular weight is 244 g/mol. The van der Waals surface area contributed by atoms with Crippen molar-refractivity contribution in [2.75, 3.05) is 0 Å². The second kappa shape index (κ2) is 5.36. The molecule has 96 valence electrons. The lowest BCUT2D eigenvalue weighted by Gasteiger charge is -2.08. The van der Waals surface area contributed by atoms with Crippen LogP contribution >= 0.6 is 0 Å². The van der Waals surface area contributed by atoms with Crippen LogP contribution in [0.25, 0.3) is 5.69 Å². The van der Waals surface area contributed by atoms with E-state index in [1.54, 1.807) is 6.92 Å². The van der Waals surface area contributed by atoms with Crippen LogP contribution in [-0.2, 0) is 12.8 Å². The summed E-state index contributed by atoms with van der Waals surface area (Å²) in [5, 5.41) is 14.1. The molecule has 1 unspecified atom stereocenters. The fourth-order valence-corrected chi connectivity index (χ4v) is 2.02. The number of hydrogen-bond acceptors (Lipinski definition) is 2. The van der Waals surface area contributed by atoms with Crippen LogP contribution in [0.2, 0.25) is 0 Å². The van der Waals surface area contributed by atoms with Crippen LogP contribution in [0.3, 0.4) is 0 Å². The molecule has 0 aliphatic carbocycles. The summed E-state index contributed by atoms with van der Waals surface area (Å²) < 4.78 is 1.99. The van der Waals surface area contributed by atoms with Gasteiger partial charge in [-0.25, -0.2) is 4.68 Å². The molecule has 1 aromatic heterocycles. The Labute approximate surface area is 108 Å². The molecular formula is C15H20N2O. The summed E-state index contributed by atoms with van der Waals surface area (Å²) in [7, 11) is 0. The highest BCUT2D eigenvalue weighted by atomic mass is 16.3. The monoisotopic (exact) mass is 244 g/mol. The zero-order valence-electron chi connectivity index (χ0n) is 11.2. The zero-order valence-corrected chi connectivity index (χ0v) is 11.2. The fourth-order valence-electron chi connectivity index (χ4n) is 2.02. The maximum absolute atomic E-state index is 9.51. The summed E-state index contributed by atoms with van der Waals surface area (Å²) in [6, 6.07) is 10.1. The Morgan fingerprint density at radius 3 is 2.33 bits per heavy atom. The topological polar surface area (TPSA) is 38.0 Å². The molecule has 0 bridgehead atoms. The number of rotatable bonds is 4. The Kier molecular flexibility index (Phi) is 3.82. The van der Waals surface area contributed by atoms with Crippen molar-refractivity contribution in [3.63, 3.8) is 0 Å². The largest absolute Gasteiger partial charge is 0.389 e. The van der Waals surface area contributed by atoms with Gasteiger partial charge in [-0.05, 0) is 43.5 Å². The standard InChI is InChI=1S/C15H20N2O/c1-4-13-10-14(5-2)17(16-13)15-8-6-12(7-9-15)11(3)18/h6-11,18H,4-5H2,1-3H3. The first-order chi connectivity index (χ1) is 8.65. The molecule has 3 nitrogen and oxygen atoms in total. The van der Waals surface area contributed by atoms with Crippen molar-refractivity contribution in [1.29, 1.82) is 0 Å². The third kappa shape index (κ3) is 2.46. The molecule has 18 heavy (non-hydrogen) atoms. The van der Waals surface area contributed by atoms with E-state index in [1.807, 2.05) is 28.9 Å². The van der Waals surface area contributed by atoms with Crippen molar-refractivity contribution in [2.45, 2.75) is 39.7 Å². The highest BCUT2D eigenvalue weighted by Gasteiger charge is 2.08. The first-order valence-corrected chi connectivity index (χ1v) is 6.52. The smallest absolute Gasteiger partial charge is 0.0761 e. The first-order valence-electron chi connectivity index (χ1n) is 6.52. The van der Waals surface area contributed by atoms with E-state index in [-0.39, 0.29) is 0 Å². The Bertz CT molecular complexity index is 512. The number of aliphatic hydroxyl groups is 1. The SMILES string of the molecule is CCc1cc(CC)n(-c2ccc(C(C)O)cc2)n1. The van der Waals surface area contributed by atoms with Gasteiger partial charge in [-0.3, -0.25) is 0 Å². The Hall–Kier alpha value is -1.61. The van der Waals surface area contributed by atoms with E-state index < -0.39 is 6.10 Å². The number of nitrogens with zero attached hydrogens (tertiary/aromatic N) is 2. The van der Waals surface area contributed by atoms with Crippen LogP contribution in [0.5, 0.6) is 0 Å². The van der Waals surface area contributed by atoms with Crippen LogP contribution in [0.1, 0.15) is 43.8 Å². The summed E-state index contributed by atoms with van der Waals surface area (Å²) >= 11 is 0. The molecule has 0 fully saturated rings. The molecule has 3 heteroatoms. The van der Waals surface area contributed by atoms with Gasteiger partial charge in [-0.1, -0.05) is 26.0 Å². The predicted octanol–water partition coefficient (Wildman–Crippen LogP) is 3.05. The molecule has 0 amide bonds. The number of benzene rings is 1. The van der Waals surface area contributed by atoms with Crippen LogP contribution in [0, 0.1) is 0 Å². The normalized spacial score (nSPS) is 12.7. The molecule has 0 radical (unpaired) electrons. The van der Waals surface area contributed by atoms with Crippen molar-refractivity contribution >= 4 is 0 Å². The number of aliphatic hydroxyl groups excluding tert-OH is 1. The second-order valence-electron chi connectivity index (χ2n) is 4.51. The fraction of sp³-hybridized carbons (Fsp3) is 0.400. The lowest BCUT2D eigenvalue weighted by atomic mass is 10.1. The summed E-state index contributed by atoms with van der Waals surface area (Å²) in [6.45, 7) is 6.02. The Balaban J connectivity index is 2.38. The minimum atomic E-state index is -0.423. The maximum atomic E-state index is 9.51. The van der Waals surface area contributed by atoms with Gasteiger partial charge >= 0.3 is 0 Å². The summed E-state index contributed by atoms with van der Waals surface area (Å²) in [6.07, 6.45) is 1.49. The summed E-state index contributed by atoms with van der Waals surface area (Å²) in [5.41, 5.74) is 4.32. The van der Waals surface area contributed by atoms with Gasteiger partial charge in [-0.15, -0.1) is 0 Å². The summed E-state index contributed by atoms with van der Waals surface area (Å²) in [4.78, 5) is 0. The van der Waals surface area contributed by atoms with Crippen molar-refractivity contribution < 1.29 is 5.11 Å². The minimum absolute atomic E-state index is 0.423. The molecule has 1 heterocycles. The van der Waals surface area contributed by atoms with Gasteiger partial charge in [-0.2, -0.15) is 5.10 Å². The molecule has 1 aromatic carbocycles. The van der Waals surface area contributed by atoms with Crippen LogP contribution in [0.4, 0.5) is 0 Å². The van der Waals surface area contributed by atoms with Gasteiger partial charge in [0.15, 0.2) is 0 Å². The van der Waals surface area contributed by atoms with Crippen molar-refractivity contribution in [3.8, 4) is 5.69 Å². The van der Waals surface area contributed by atoms with Crippen molar-refractivity contribution in [2.24, 2.45) is 0 Å². The van der Waals surface area contributed by atoms with Gasteiger partial charge in [0.05, 0.1) is 17.5 Å². The van der Waals surface area contributed by atoms with Crippen LogP contribution in [-0.4, -0.2) is 14.9 Å². The molecule has 0 saturated heterocycles. The molecule has 0 saturated carbocycles. The predicted molar refractivity (Wildman–Crippen MR) is 73.0 cm³/mol. The minimum Gasteiger partial charge on any atom is -0.389 e. The highest BCUT2D eigenvalue weighted by molar-refractivity contribution is 5.36. The van der Waals surface area contributed by atoms with Gasteiger partial charge in [0, 0.05) is 5.69 Å². The Morgan fingerprint density at radius 2 is 1.83 bits per heavy atom. The molecule has 2 rings (SSSR count). The quantitative estimate of drug-likeness (QED) is 0.897. The van der Waals surface area contributed by atoms with E-state index in [0.29, 0.717) is 0 Å². The van der Waals surface area contributed by atoms with E-state index >= 15 is 0 Å². The molecule has 0 aliphatic rings. The number of aromatic nitrogens is 2. The third-order valence-corrected chi connectivity index (χ3v) is 3.18. The lowest BCUT2D eigenvalue weighted by molar-refractivity contribution is 0.199. The van der Waals surface area contributed by atoms with E-state index in [9.17, 15) is 5.11 Å². The van der Waals surface area contributed by atoms with Gasteiger partial charge < -0.3 is 5.11 Å². The highest BCUT2D eigenvalue weighted by Crippen LogP contribution is 2.17. The number of aryl methyl sites for hydroxylation is 2. The van der Waals surface area contributed by atoms with E-state index in [1.165, 1.54) is 5.69 Å². The molecular weight excluding hydrogens is 224 g/mol. The van der Waals surface area contributed by atoms with E-state index in [0.717, 1.165) is 29.8 Å². The molecule has 1 N–H and O–H groups in total. The van der Waals surface area contributed by atoms with E-state index in [2.05, 4.69) is 25.0 Å². The average Bonchev–Trinajstić information content (AvgIpc) is 2.82. The molecule has 2 aromatic rings. The maximum Gasteiger partial charge on any atom is 0.0761 e. The van der Waals surface area contributed by atoms with Crippen molar-refractivity contribution in [1.82, 2.24) is 9.78 Å². The van der Waals surface area contributed by atoms with Crippen molar-refractivity contribution in [3.05, 3.63) is 47.3 Å².